The van der Waals surface area contributed by atoms with E-state index >= 15 is 0 Å². The first kappa shape index (κ1) is 17.0. The number of piperidine rings is 1. The van der Waals surface area contributed by atoms with Crippen LogP contribution in [-0.4, -0.2) is 57.8 Å². The number of sulfonamides is 1. The maximum Gasteiger partial charge on any atom is 0.262 e. The van der Waals surface area contributed by atoms with Crippen molar-refractivity contribution in [1.29, 1.82) is 0 Å². The molecule has 1 aliphatic carbocycles. The average molecular weight is 366 g/mol. The van der Waals surface area contributed by atoms with Gasteiger partial charge in [-0.2, -0.15) is 4.31 Å². The molecule has 1 saturated carbocycles. The van der Waals surface area contributed by atoms with E-state index in [2.05, 4.69) is 11.9 Å². The van der Waals surface area contributed by atoms with Crippen LogP contribution < -0.4 is 0 Å². The van der Waals surface area contributed by atoms with Crippen LogP contribution in [0.15, 0.2) is 17.6 Å². The van der Waals surface area contributed by atoms with Crippen LogP contribution in [-0.2, 0) is 21.9 Å². The van der Waals surface area contributed by atoms with Crippen LogP contribution in [0.3, 0.4) is 0 Å². The Hall–Kier alpha value is -1.41. The molecule has 1 aromatic rings. The molecule has 4 rings (SSSR count). The lowest BCUT2D eigenvalue weighted by atomic mass is 9.72. The number of rotatable bonds is 2. The number of carbonyl (C=O) groups excluding carboxylic acids is 1. The lowest BCUT2D eigenvalue weighted by Gasteiger charge is -2.45. The van der Waals surface area contributed by atoms with Crippen molar-refractivity contribution >= 4 is 15.9 Å². The van der Waals surface area contributed by atoms with Crippen molar-refractivity contribution in [3.8, 4) is 0 Å². The summed E-state index contributed by atoms with van der Waals surface area (Å²) in [5.41, 5.74) is -0.174. The van der Waals surface area contributed by atoms with Crippen LogP contribution in [0.2, 0.25) is 0 Å². The summed E-state index contributed by atoms with van der Waals surface area (Å²) in [6.45, 7) is 4.18. The number of carbonyl (C=O) groups is 1. The third kappa shape index (κ3) is 2.37. The van der Waals surface area contributed by atoms with Gasteiger partial charge in [-0.1, -0.05) is 19.8 Å². The minimum Gasteiger partial charge on any atom is -0.339 e. The highest BCUT2D eigenvalue weighted by Gasteiger charge is 2.61. The molecule has 0 spiro atoms. The molecule has 8 heteroatoms. The Balaban J connectivity index is 1.80. The van der Waals surface area contributed by atoms with Crippen molar-refractivity contribution in [3.63, 3.8) is 0 Å². The van der Waals surface area contributed by atoms with Gasteiger partial charge in [0, 0.05) is 50.3 Å². The van der Waals surface area contributed by atoms with Gasteiger partial charge in [-0.25, -0.2) is 13.4 Å². The molecule has 3 fully saturated rings. The Morgan fingerprint density at radius 3 is 2.56 bits per heavy atom. The third-order valence-corrected chi connectivity index (χ3v) is 8.25. The summed E-state index contributed by atoms with van der Waals surface area (Å²) in [5.74, 6) is 0.0662. The number of amides is 1. The number of aromatic nitrogens is 2. The van der Waals surface area contributed by atoms with Gasteiger partial charge < -0.3 is 9.47 Å². The molecule has 2 aliphatic heterocycles. The van der Waals surface area contributed by atoms with E-state index in [1.54, 1.807) is 29.0 Å². The van der Waals surface area contributed by atoms with Gasteiger partial charge in [-0.15, -0.1) is 0 Å². The van der Waals surface area contributed by atoms with Crippen molar-refractivity contribution in [3.05, 3.63) is 12.5 Å². The zero-order valence-corrected chi connectivity index (χ0v) is 15.9. The van der Waals surface area contributed by atoms with E-state index in [0.717, 1.165) is 32.1 Å². The van der Waals surface area contributed by atoms with E-state index in [4.69, 9.17) is 0 Å². The van der Waals surface area contributed by atoms with E-state index in [1.165, 1.54) is 6.33 Å². The molecule has 2 saturated heterocycles. The van der Waals surface area contributed by atoms with Crippen molar-refractivity contribution in [2.24, 2.45) is 12.5 Å². The van der Waals surface area contributed by atoms with Crippen molar-refractivity contribution in [1.82, 2.24) is 18.8 Å². The Morgan fingerprint density at radius 1 is 1.28 bits per heavy atom. The molecule has 0 aromatic carbocycles. The van der Waals surface area contributed by atoms with Gasteiger partial charge in [-0.05, 0) is 19.3 Å². The average Bonchev–Trinajstić information content (AvgIpc) is 3.02. The van der Waals surface area contributed by atoms with Gasteiger partial charge in [0.1, 0.15) is 0 Å². The Morgan fingerprint density at radius 2 is 1.96 bits per heavy atom. The molecule has 0 unspecified atom stereocenters. The molecule has 0 radical (unpaired) electrons. The molecule has 3 aliphatic rings. The number of imidazole rings is 1. The molecule has 2 bridgehead atoms. The number of fused-ring (bicyclic) bond motifs is 1. The van der Waals surface area contributed by atoms with Crippen LogP contribution in [0.4, 0.5) is 0 Å². The predicted octanol–water partition coefficient (Wildman–Crippen LogP) is 1.36. The maximum absolute atomic E-state index is 13.3. The molecule has 138 valence electrons. The number of nitrogens with zero attached hydrogens (tertiary/aromatic N) is 4. The Labute approximate surface area is 149 Å². The van der Waals surface area contributed by atoms with E-state index in [1.807, 2.05) is 4.90 Å². The number of hydrogen-bond acceptors (Lipinski definition) is 4. The third-order valence-electron chi connectivity index (χ3n) is 6.49. The van der Waals surface area contributed by atoms with E-state index < -0.39 is 10.0 Å². The van der Waals surface area contributed by atoms with Gasteiger partial charge in [-0.3, -0.25) is 4.79 Å². The van der Waals surface area contributed by atoms with Gasteiger partial charge in [0.15, 0.2) is 5.03 Å². The van der Waals surface area contributed by atoms with Crippen LogP contribution >= 0.6 is 0 Å². The predicted molar refractivity (Wildman–Crippen MR) is 92.2 cm³/mol. The fraction of sp³-hybridized carbons (Fsp3) is 0.765. The summed E-state index contributed by atoms with van der Waals surface area (Å²) in [6.07, 6.45) is 7.86. The second kappa shape index (κ2) is 5.54. The SMILES string of the molecule is CC(=O)N1[C@@H]2CN(S(=O)(=O)c3cn(C)cn3)[C@@H]3CCCC[C@H]1[C@]3(C)C2. The van der Waals surface area contributed by atoms with E-state index in [-0.39, 0.29) is 34.5 Å². The van der Waals surface area contributed by atoms with Crippen molar-refractivity contribution < 1.29 is 13.2 Å². The highest BCUT2D eigenvalue weighted by molar-refractivity contribution is 7.89. The van der Waals surface area contributed by atoms with Crippen LogP contribution in [0, 0.1) is 5.41 Å². The van der Waals surface area contributed by atoms with Crippen molar-refractivity contribution in [2.75, 3.05) is 6.54 Å². The first-order valence-corrected chi connectivity index (χ1v) is 10.5. The summed E-state index contributed by atoms with van der Waals surface area (Å²) in [6, 6.07) is 0.0550. The first-order valence-electron chi connectivity index (χ1n) is 9.04. The fourth-order valence-electron chi connectivity index (χ4n) is 5.49. The zero-order valence-electron chi connectivity index (χ0n) is 15.1. The lowest BCUT2D eigenvalue weighted by molar-refractivity contribution is -0.132. The van der Waals surface area contributed by atoms with Crippen LogP contribution in [0.5, 0.6) is 0 Å². The summed E-state index contributed by atoms with van der Waals surface area (Å²) in [4.78, 5) is 18.4. The van der Waals surface area contributed by atoms with Gasteiger partial charge in [0.05, 0.1) is 6.33 Å². The Kier molecular flexibility index (Phi) is 3.77. The molecule has 4 atom stereocenters. The van der Waals surface area contributed by atoms with Gasteiger partial charge in [0.2, 0.25) is 5.91 Å². The zero-order chi connectivity index (χ0) is 18.0. The molecule has 1 amide bonds. The van der Waals surface area contributed by atoms with Gasteiger partial charge >= 0.3 is 0 Å². The number of likely N-dealkylation sites (tertiary alicyclic amines) is 1. The quantitative estimate of drug-likeness (QED) is 0.792. The van der Waals surface area contributed by atoms with E-state index in [0.29, 0.717) is 6.54 Å². The second-order valence-corrected chi connectivity index (χ2v) is 9.90. The first-order chi connectivity index (χ1) is 11.7. The normalized spacial score (nSPS) is 35.6. The number of aryl methyl sites for hydroxylation is 1. The van der Waals surface area contributed by atoms with Crippen LogP contribution in [0.25, 0.3) is 0 Å². The smallest absolute Gasteiger partial charge is 0.262 e. The second-order valence-electron chi connectivity index (χ2n) is 8.06. The minimum absolute atomic E-state index is 0.0275. The minimum atomic E-state index is -3.66. The highest BCUT2D eigenvalue weighted by Crippen LogP contribution is 2.54. The largest absolute Gasteiger partial charge is 0.339 e. The topological polar surface area (TPSA) is 75.5 Å². The van der Waals surface area contributed by atoms with E-state index in [9.17, 15) is 13.2 Å². The molecule has 25 heavy (non-hydrogen) atoms. The molecule has 3 heterocycles. The summed E-state index contributed by atoms with van der Waals surface area (Å²) in [5, 5.41) is 0.107. The van der Waals surface area contributed by atoms with Crippen LogP contribution in [0.1, 0.15) is 46.0 Å². The standard InChI is InChI=1S/C17H26N4O3S/c1-12(22)21-13-8-17(2)14(6-4-5-7-15(17)21)20(9-13)25(23,24)16-10-19(3)11-18-16/h10-11,13-15H,4-9H2,1-3H3/t13-,14+,15-,17+/m0/s1. The molecule has 0 N–H and O–H groups in total. The maximum atomic E-state index is 13.3. The van der Waals surface area contributed by atoms with Crippen molar-refractivity contribution in [2.45, 2.75) is 69.1 Å². The summed E-state index contributed by atoms with van der Waals surface area (Å²) < 4.78 is 29.9. The Bertz CT molecular complexity index is 805. The molecular formula is C17H26N4O3S. The highest BCUT2D eigenvalue weighted by atomic mass is 32.2. The molecule has 1 aromatic heterocycles. The summed E-state index contributed by atoms with van der Waals surface area (Å²) in [7, 11) is -1.89. The monoisotopic (exact) mass is 366 g/mol. The molecular weight excluding hydrogens is 340 g/mol. The van der Waals surface area contributed by atoms with Gasteiger partial charge in [0.25, 0.3) is 10.0 Å². The number of hydrogen-bond donors (Lipinski definition) is 0. The summed E-state index contributed by atoms with van der Waals surface area (Å²) >= 11 is 0. The lowest BCUT2D eigenvalue weighted by Crippen LogP contribution is -2.55. The fourth-order valence-corrected chi connectivity index (χ4v) is 7.26. The molecule has 7 nitrogen and oxygen atoms in total.